The van der Waals surface area contributed by atoms with E-state index in [-0.39, 0.29) is 5.37 Å². The van der Waals surface area contributed by atoms with Gasteiger partial charge in [0, 0.05) is 11.3 Å². The summed E-state index contributed by atoms with van der Waals surface area (Å²) in [4.78, 5) is 11.0. The highest BCUT2D eigenvalue weighted by Gasteiger charge is 2.33. The highest BCUT2D eigenvalue weighted by molar-refractivity contribution is 7.99. The van der Waals surface area contributed by atoms with Gasteiger partial charge < -0.3 is 19.3 Å². The fourth-order valence-corrected chi connectivity index (χ4v) is 3.37. The number of carboxylic acid groups (broad SMARTS) is 1. The molecule has 7 heteroatoms. The van der Waals surface area contributed by atoms with E-state index in [4.69, 9.17) is 19.3 Å². The average Bonchev–Trinajstić information content (AvgIpc) is 2.95. The monoisotopic (exact) mass is 299 g/mol. The van der Waals surface area contributed by atoms with Crippen molar-refractivity contribution in [3.8, 4) is 17.2 Å². The first-order chi connectivity index (χ1) is 9.62. The molecule has 2 atom stereocenters. The zero-order valence-corrected chi connectivity index (χ0v) is 12.3. The van der Waals surface area contributed by atoms with Gasteiger partial charge in [-0.1, -0.05) is 0 Å². The van der Waals surface area contributed by atoms with Crippen molar-refractivity contribution < 1.29 is 24.1 Å². The summed E-state index contributed by atoms with van der Waals surface area (Å²) in [7, 11) is 4.65. The van der Waals surface area contributed by atoms with Crippen LogP contribution in [-0.4, -0.2) is 44.2 Å². The number of carbonyl (C=O) groups is 1. The van der Waals surface area contributed by atoms with Crippen LogP contribution in [0.15, 0.2) is 12.1 Å². The number of carboxylic acids is 1. The maximum Gasteiger partial charge on any atom is 0.321 e. The molecule has 1 aliphatic rings. The third kappa shape index (κ3) is 2.64. The molecule has 1 aliphatic heterocycles. The molecule has 0 amide bonds. The maximum absolute atomic E-state index is 11.0. The van der Waals surface area contributed by atoms with Crippen LogP contribution in [0.25, 0.3) is 0 Å². The van der Waals surface area contributed by atoms with E-state index in [1.807, 2.05) is 6.07 Å². The quantitative estimate of drug-likeness (QED) is 0.853. The predicted molar refractivity (Wildman–Crippen MR) is 75.9 cm³/mol. The molecule has 1 unspecified atom stereocenters. The van der Waals surface area contributed by atoms with Gasteiger partial charge in [-0.3, -0.25) is 10.1 Å². The lowest BCUT2D eigenvalue weighted by Crippen LogP contribution is -2.33. The lowest BCUT2D eigenvalue weighted by Gasteiger charge is -2.19. The van der Waals surface area contributed by atoms with E-state index < -0.39 is 12.0 Å². The highest BCUT2D eigenvalue weighted by Crippen LogP contribution is 2.46. The van der Waals surface area contributed by atoms with Gasteiger partial charge >= 0.3 is 5.97 Å². The normalized spacial score (nSPS) is 21.6. The molecular formula is C13H17NO5S. The molecule has 0 aliphatic carbocycles. The van der Waals surface area contributed by atoms with Gasteiger partial charge in [0.25, 0.3) is 0 Å². The number of thioether (sulfide) groups is 1. The summed E-state index contributed by atoms with van der Waals surface area (Å²) in [6.07, 6.45) is 0. The number of aliphatic carboxylic acids is 1. The van der Waals surface area contributed by atoms with E-state index in [0.29, 0.717) is 23.0 Å². The second-order valence-corrected chi connectivity index (χ2v) is 5.33. The van der Waals surface area contributed by atoms with Crippen LogP contribution in [0.1, 0.15) is 10.9 Å². The first-order valence-corrected chi connectivity index (χ1v) is 7.06. The molecule has 0 radical (unpaired) electrons. The molecule has 0 bridgehead atoms. The molecule has 20 heavy (non-hydrogen) atoms. The average molecular weight is 299 g/mol. The summed E-state index contributed by atoms with van der Waals surface area (Å²) >= 11 is 1.53. The first kappa shape index (κ1) is 14.8. The van der Waals surface area contributed by atoms with E-state index in [1.54, 1.807) is 27.4 Å². The summed E-state index contributed by atoms with van der Waals surface area (Å²) in [5.41, 5.74) is 0.846. The second kappa shape index (κ2) is 6.23. The van der Waals surface area contributed by atoms with Crippen LogP contribution in [0, 0.1) is 0 Å². The Labute approximate surface area is 121 Å². The van der Waals surface area contributed by atoms with Gasteiger partial charge in [0.1, 0.15) is 6.04 Å². The van der Waals surface area contributed by atoms with Gasteiger partial charge in [0.05, 0.1) is 26.7 Å². The van der Waals surface area contributed by atoms with Crippen molar-refractivity contribution in [3.05, 3.63) is 17.7 Å². The fraction of sp³-hybridized carbons (Fsp3) is 0.462. The minimum Gasteiger partial charge on any atom is -0.493 e. The van der Waals surface area contributed by atoms with Crippen LogP contribution in [0.2, 0.25) is 0 Å². The molecule has 1 saturated heterocycles. The van der Waals surface area contributed by atoms with Gasteiger partial charge in [-0.25, -0.2) is 0 Å². The Balaban J connectivity index is 2.35. The van der Waals surface area contributed by atoms with Crippen molar-refractivity contribution in [2.24, 2.45) is 0 Å². The molecule has 6 nitrogen and oxygen atoms in total. The molecule has 0 spiro atoms. The minimum atomic E-state index is -0.848. The number of hydrogen-bond donors (Lipinski definition) is 2. The second-order valence-electron chi connectivity index (χ2n) is 4.19. The predicted octanol–water partition coefficient (Wildman–Crippen LogP) is 1.50. The first-order valence-electron chi connectivity index (χ1n) is 6.01. The maximum atomic E-state index is 11.0. The van der Waals surface area contributed by atoms with Crippen LogP contribution >= 0.6 is 11.8 Å². The molecule has 1 fully saturated rings. The van der Waals surface area contributed by atoms with Gasteiger partial charge in [0.2, 0.25) is 5.75 Å². The fourth-order valence-electron chi connectivity index (χ4n) is 2.12. The highest BCUT2D eigenvalue weighted by atomic mass is 32.2. The summed E-state index contributed by atoms with van der Waals surface area (Å²) < 4.78 is 16.0. The molecule has 2 rings (SSSR count). The van der Waals surface area contributed by atoms with Crippen molar-refractivity contribution in [1.82, 2.24) is 5.32 Å². The number of nitrogens with one attached hydrogen (secondary N) is 1. The van der Waals surface area contributed by atoms with Crippen molar-refractivity contribution in [3.63, 3.8) is 0 Å². The number of hydrogen-bond acceptors (Lipinski definition) is 6. The number of rotatable bonds is 5. The van der Waals surface area contributed by atoms with Crippen molar-refractivity contribution in [1.29, 1.82) is 0 Å². The Bertz CT molecular complexity index is 508. The Kier molecular flexibility index (Phi) is 4.61. The van der Waals surface area contributed by atoms with Crippen molar-refractivity contribution >= 4 is 17.7 Å². The van der Waals surface area contributed by atoms with Gasteiger partial charge in [0.15, 0.2) is 11.5 Å². The lowest BCUT2D eigenvalue weighted by atomic mass is 10.1. The van der Waals surface area contributed by atoms with Crippen LogP contribution in [0.3, 0.4) is 0 Å². The third-order valence-corrected chi connectivity index (χ3v) is 4.35. The van der Waals surface area contributed by atoms with Crippen LogP contribution in [-0.2, 0) is 4.79 Å². The van der Waals surface area contributed by atoms with Gasteiger partial charge in [-0.2, -0.15) is 0 Å². The van der Waals surface area contributed by atoms with E-state index in [1.165, 1.54) is 11.8 Å². The number of ether oxygens (including phenoxy) is 3. The molecule has 1 aromatic rings. The largest absolute Gasteiger partial charge is 0.493 e. The number of benzene rings is 1. The molecular weight excluding hydrogens is 282 g/mol. The minimum absolute atomic E-state index is 0.147. The molecule has 2 N–H and O–H groups in total. The zero-order valence-electron chi connectivity index (χ0n) is 11.5. The summed E-state index contributed by atoms with van der Waals surface area (Å²) in [5.74, 6) is 1.30. The van der Waals surface area contributed by atoms with Gasteiger partial charge in [-0.05, 0) is 12.1 Å². The smallest absolute Gasteiger partial charge is 0.321 e. The molecule has 0 saturated carbocycles. The standard InChI is InChI=1S/C13H17NO5S/c1-17-9-5-4-7(10(18-2)11(9)19-3)12-14-8(6-20-12)13(15)16/h4-5,8,12,14H,6H2,1-3H3,(H,15,16)/t8-,12?/m0/s1. The van der Waals surface area contributed by atoms with E-state index >= 15 is 0 Å². The van der Waals surface area contributed by atoms with Crippen LogP contribution in [0.5, 0.6) is 17.2 Å². The summed E-state index contributed by atoms with van der Waals surface area (Å²) in [6.45, 7) is 0. The van der Waals surface area contributed by atoms with Crippen molar-refractivity contribution in [2.45, 2.75) is 11.4 Å². The zero-order chi connectivity index (χ0) is 14.7. The molecule has 110 valence electrons. The van der Waals surface area contributed by atoms with Crippen LogP contribution < -0.4 is 19.5 Å². The van der Waals surface area contributed by atoms with Gasteiger partial charge in [-0.15, -0.1) is 11.8 Å². The molecule has 0 aromatic heterocycles. The number of methoxy groups -OCH3 is 3. The Morgan fingerprint density at radius 2 is 1.95 bits per heavy atom. The summed E-state index contributed by atoms with van der Waals surface area (Å²) in [6, 6.07) is 3.09. The SMILES string of the molecule is COc1ccc(C2N[C@H](C(=O)O)CS2)c(OC)c1OC. The Morgan fingerprint density at radius 3 is 2.45 bits per heavy atom. The topological polar surface area (TPSA) is 77.0 Å². The lowest BCUT2D eigenvalue weighted by molar-refractivity contribution is -0.138. The Hall–Kier alpha value is -1.60. The van der Waals surface area contributed by atoms with E-state index in [0.717, 1.165) is 5.56 Å². The Morgan fingerprint density at radius 1 is 1.25 bits per heavy atom. The third-order valence-electron chi connectivity index (χ3n) is 3.10. The van der Waals surface area contributed by atoms with Crippen molar-refractivity contribution in [2.75, 3.05) is 27.1 Å². The molecule has 1 aromatic carbocycles. The molecule has 1 heterocycles. The van der Waals surface area contributed by atoms with E-state index in [9.17, 15) is 4.79 Å². The van der Waals surface area contributed by atoms with Crippen LogP contribution in [0.4, 0.5) is 0 Å². The van der Waals surface area contributed by atoms with E-state index in [2.05, 4.69) is 5.32 Å². The summed E-state index contributed by atoms with van der Waals surface area (Å²) in [5, 5.41) is 11.9.